The van der Waals surface area contributed by atoms with Gasteiger partial charge in [0.1, 0.15) is 30.5 Å². The normalized spacial score (nSPS) is 21.1. The number of amides is 2. The number of nitrogens with one attached hydrogen (secondary N) is 2. The van der Waals surface area contributed by atoms with Crippen molar-refractivity contribution in [3.8, 4) is 0 Å². The number of hydrogen-bond donors (Lipinski definition) is 7. The van der Waals surface area contributed by atoms with Crippen LogP contribution in [0.5, 0.6) is 0 Å². The molecule has 2 amide bonds. The number of aliphatic hydroxyl groups excluding tert-OH is 5. The van der Waals surface area contributed by atoms with Gasteiger partial charge in [-0.1, -0.05) is 104 Å². The van der Waals surface area contributed by atoms with Crippen molar-refractivity contribution in [2.45, 2.75) is 166 Å². The van der Waals surface area contributed by atoms with Crippen molar-refractivity contribution < 1.29 is 86.1 Å². The maximum absolute atomic E-state index is 13.8. The van der Waals surface area contributed by atoms with E-state index in [9.17, 15) is 43.9 Å². The molecular weight excluding hydrogens is 803 g/mol. The van der Waals surface area contributed by atoms with E-state index in [0.29, 0.717) is 6.42 Å². The molecule has 0 spiro atoms. The molecule has 2 aromatic rings. The Balaban J connectivity index is 0.0000108. The second-order valence-corrected chi connectivity index (χ2v) is 15.0. The van der Waals surface area contributed by atoms with Gasteiger partial charge in [0.25, 0.3) is 0 Å². The zero-order valence-corrected chi connectivity index (χ0v) is 36.1. The average molecular weight is 867 g/mol. The minimum absolute atomic E-state index is 0. The van der Waals surface area contributed by atoms with Crippen molar-refractivity contribution in [3.05, 3.63) is 70.3 Å². The number of unbranched alkanes of at least 4 members (excludes halogenated alkanes) is 11. The second kappa shape index (κ2) is 26.9. The molecule has 0 saturated carbocycles. The summed E-state index contributed by atoms with van der Waals surface area (Å²) >= 11 is 0. The fraction of sp³-hybridized carbons (Fsp3) is 0.667. The molecule has 8 atom stereocenters. The molecule has 3 rings (SSSR count). The van der Waals surface area contributed by atoms with E-state index in [0.717, 1.165) is 54.5 Å². The standard InChI is InChI=1S/C42H63F2N2O9.Y/c1-4-5-6-7-8-9-10-11-12-13-14-15-16-34(47)38(50)33(46-37(49)23-29-18-20-31(43)32(44)22-29)26-54-42-41(53)40(52)39(51)35(55-42)25-45-36(48)24-30-19-17-27(2)21-28(30)3;/h17-20,22,33-35,38-42,47,50-53H,4-16,23-26H2,1-3H3,(H,45,48)(H,46,49);/q-1;/t33-,34+,35?,38-,39-,40-,41?,42-;/m0./s1. The summed E-state index contributed by atoms with van der Waals surface area (Å²) in [6, 6.07) is 8.61. The molecule has 11 nitrogen and oxygen atoms in total. The van der Waals surface area contributed by atoms with Gasteiger partial charge in [0.05, 0.1) is 25.2 Å². The first kappa shape index (κ1) is 50.2. The summed E-state index contributed by atoms with van der Waals surface area (Å²) in [4.78, 5) is 25.7. The van der Waals surface area contributed by atoms with Crippen LogP contribution < -0.4 is 10.6 Å². The fourth-order valence-corrected chi connectivity index (χ4v) is 6.78. The van der Waals surface area contributed by atoms with Crippen LogP contribution in [0.3, 0.4) is 0 Å². The molecule has 2 aromatic carbocycles. The van der Waals surface area contributed by atoms with E-state index in [1.807, 2.05) is 26.0 Å². The molecule has 313 valence electrons. The average Bonchev–Trinajstić information content (AvgIpc) is 3.15. The molecule has 0 bridgehead atoms. The van der Waals surface area contributed by atoms with E-state index in [1.165, 1.54) is 51.0 Å². The molecule has 2 unspecified atom stereocenters. The third-order valence-electron chi connectivity index (χ3n) is 10.2. The van der Waals surface area contributed by atoms with Crippen molar-refractivity contribution in [2.75, 3.05) is 13.2 Å². The minimum atomic E-state index is -1.74. The van der Waals surface area contributed by atoms with E-state index in [4.69, 9.17) is 9.47 Å². The van der Waals surface area contributed by atoms with Crippen LogP contribution in [-0.4, -0.2) is 99.5 Å². The monoisotopic (exact) mass is 866 g/mol. The molecule has 14 heteroatoms. The Morgan fingerprint density at radius 2 is 1.45 bits per heavy atom. The largest absolute Gasteiger partial charge is 0.390 e. The predicted molar refractivity (Wildman–Crippen MR) is 204 cm³/mol. The van der Waals surface area contributed by atoms with E-state index >= 15 is 0 Å². The molecular formula is C42H63F2N2O9Y-. The van der Waals surface area contributed by atoms with Crippen LogP contribution in [0.1, 0.15) is 113 Å². The zero-order chi connectivity index (χ0) is 40.3. The van der Waals surface area contributed by atoms with Crippen LogP contribution >= 0.6 is 0 Å². The van der Waals surface area contributed by atoms with Gasteiger partial charge in [0, 0.05) is 45.7 Å². The van der Waals surface area contributed by atoms with E-state index in [2.05, 4.69) is 23.6 Å². The van der Waals surface area contributed by atoms with E-state index in [-0.39, 0.29) is 70.0 Å². The summed E-state index contributed by atoms with van der Waals surface area (Å²) in [6.45, 7) is 5.21. The van der Waals surface area contributed by atoms with Gasteiger partial charge in [0.2, 0.25) is 11.8 Å². The topological polar surface area (TPSA) is 178 Å². The number of hydrogen-bond acceptors (Lipinski definition) is 9. The van der Waals surface area contributed by atoms with E-state index < -0.39 is 73.1 Å². The molecule has 0 aromatic heterocycles. The van der Waals surface area contributed by atoms with Crippen molar-refractivity contribution >= 4 is 11.8 Å². The molecule has 1 fully saturated rings. The first-order valence-corrected chi connectivity index (χ1v) is 20.0. The fourth-order valence-electron chi connectivity index (χ4n) is 6.78. The maximum Gasteiger partial charge on any atom is 0.224 e. The summed E-state index contributed by atoms with van der Waals surface area (Å²) in [7, 11) is 0. The number of ether oxygens (including phenoxy) is 2. The summed E-state index contributed by atoms with van der Waals surface area (Å²) < 4.78 is 38.8. The van der Waals surface area contributed by atoms with Crippen molar-refractivity contribution in [1.82, 2.24) is 10.6 Å². The van der Waals surface area contributed by atoms with Crippen molar-refractivity contribution in [1.29, 1.82) is 0 Å². The van der Waals surface area contributed by atoms with Crippen molar-refractivity contribution in [2.24, 2.45) is 0 Å². The van der Waals surface area contributed by atoms with Gasteiger partial charge in [0.15, 0.2) is 17.9 Å². The predicted octanol–water partition coefficient (Wildman–Crippen LogP) is 4.40. The summed E-state index contributed by atoms with van der Waals surface area (Å²) in [6.07, 6.45) is 2.89. The number of carbonyl (C=O) groups excluding carboxylic acids is 2. The van der Waals surface area contributed by atoms with Gasteiger partial charge in [-0.25, -0.2) is 8.78 Å². The van der Waals surface area contributed by atoms with Gasteiger partial charge in [-0.2, -0.15) is 29.3 Å². The van der Waals surface area contributed by atoms with Crippen LogP contribution in [0.4, 0.5) is 8.78 Å². The number of carbonyl (C=O) groups is 2. The molecule has 1 radical (unpaired) electrons. The van der Waals surface area contributed by atoms with Crippen LogP contribution in [0.25, 0.3) is 0 Å². The first-order valence-electron chi connectivity index (χ1n) is 20.0. The molecule has 1 aliphatic heterocycles. The van der Waals surface area contributed by atoms with E-state index in [1.54, 1.807) is 0 Å². The maximum atomic E-state index is 13.8. The van der Waals surface area contributed by atoms with Crippen LogP contribution in [0.15, 0.2) is 30.3 Å². The Kier molecular flexibility index (Phi) is 24.2. The number of halogens is 2. The van der Waals surface area contributed by atoms with Gasteiger partial charge < -0.3 is 45.6 Å². The molecule has 56 heavy (non-hydrogen) atoms. The van der Waals surface area contributed by atoms with Crippen molar-refractivity contribution in [3.63, 3.8) is 0 Å². The van der Waals surface area contributed by atoms with Gasteiger partial charge >= 0.3 is 0 Å². The van der Waals surface area contributed by atoms with Gasteiger partial charge in [-0.3, -0.25) is 9.59 Å². The molecule has 7 N–H and O–H groups in total. The quantitative estimate of drug-likeness (QED) is 0.0564. The Hall–Kier alpha value is -1.94. The molecule has 1 saturated heterocycles. The zero-order valence-electron chi connectivity index (χ0n) is 33.2. The second-order valence-electron chi connectivity index (χ2n) is 15.0. The molecule has 1 aliphatic rings. The molecule has 0 aliphatic carbocycles. The Morgan fingerprint density at radius 1 is 0.821 bits per heavy atom. The summed E-state index contributed by atoms with van der Waals surface area (Å²) in [5, 5.41) is 59.3. The third-order valence-corrected chi connectivity index (χ3v) is 10.2. The Morgan fingerprint density at radius 3 is 2.05 bits per heavy atom. The van der Waals surface area contributed by atoms with Gasteiger partial charge in [-0.15, -0.1) is 5.56 Å². The minimum Gasteiger partial charge on any atom is -0.390 e. The number of aliphatic hydroxyl groups is 5. The third kappa shape index (κ3) is 17.5. The Labute approximate surface area is 356 Å². The van der Waals surface area contributed by atoms with Crippen LogP contribution in [0.2, 0.25) is 0 Å². The summed E-state index contributed by atoms with van der Waals surface area (Å²) in [5.74, 6) is -3.24. The first-order chi connectivity index (χ1) is 26.3. The van der Waals surface area contributed by atoms with Crippen LogP contribution in [0, 0.1) is 31.5 Å². The number of aryl methyl sites for hydroxylation is 2. The number of rotatable bonds is 25. The number of benzene rings is 2. The smallest absolute Gasteiger partial charge is 0.224 e. The SMILES string of the molecule is CCCCCCCCCCCCCC[C@@H](O)[C@@H](O)[C@H](CO[C@H]1OC(CNC(=O)Cc2ccc(C)[c-]c2C)[C@H](O)[C@H](O)C1O)NC(=O)Cc1ccc(F)c(F)c1.[Y]. The summed E-state index contributed by atoms with van der Waals surface area (Å²) in [5.41, 5.74) is 2.70. The Bertz CT molecular complexity index is 1460. The van der Waals surface area contributed by atoms with Gasteiger partial charge in [-0.05, 0) is 24.1 Å². The molecule has 1 heterocycles. The van der Waals surface area contributed by atoms with Crippen LogP contribution in [-0.2, 0) is 64.6 Å².